The van der Waals surface area contributed by atoms with E-state index in [4.69, 9.17) is 4.74 Å². The van der Waals surface area contributed by atoms with Crippen molar-refractivity contribution in [1.29, 1.82) is 0 Å². The molecule has 3 N–H and O–H groups in total. The molecule has 0 aliphatic rings. The Morgan fingerprint density at radius 3 is 2.45 bits per heavy atom. The van der Waals surface area contributed by atoms with Gasteiger partial charge in [-0.1, -0.05) is 48.5 Å². The first-order valence-corrected chi connectivity index (χ1v) is 9.98. The quantitative estimate of drug-likeness (QED) is 0.427. The molecule has 2 amide bonds. The summed E-state index contributed by atoms with van der Waals surface area (Å²) in [5, 5.41) is 0.984. The lowest BCUT2D eigenvalue weighted by molar-refractivity contribution is -0.123. The number of aromatic amines is 1. The summed E-state index contributed by atoms with van der Waals surface area (Å²) in [6.07, 6.45) is 0. The molecular weight excluding hydrogens is 390 g/mol. The molecule has 0 radical (unpaired) electrons. The van der Waals surface area contributed by atoms with Gasteiger partial charge in [0.25, 0.3) is 11.8 Å². The number of aryl methyl sites for hydroxylation is 2. The van der Waals surface area contributed by atoms with E-state index in [2.05, 4.69) is 15.8 Å². The van der Waals surface area contributed by atoms with Crippen LogP contribution < -0.4 is 15.6 Å². The normalized spacial score (nSPS) is 10.6. The van der Waals surface area contributed by atoms with E-state index in [-0.39, 0.29) is 6.61 Å². The van der Waals surface area contributed by atoms with Crippen molar-refractivity contribution >= 4 is 22.7 Å². The van der Waals surface area contributed by atoms with E-state index in [1.807, 2.05) is 80.6 Å². The number of nitrogens with one attached hydrogen (secondary N) is 3. The smallest absolute Gasteiger partial charge is 0.276 e. The Labute approximate surface area is 180 Å². The minimum Gasteiger partial charge on any atom is -0.483 e. The molecule has 156 valence electrons. The number of benzene rings is 3. The molecule has 0 aliphatic carbocycles. The van der Waals surface area contributed by atoms with E-state index in [0.29, 0.717) is 11.3 Å². The van der Waals surface area contributed by atoms with Gasteiger partial charge in [0.2, 0.25) is 0 Å². The second-order valence-corrected chi connectivity index (χ2v) is 7.29. The zero-order valence-corrected chi connectivity index (χ0v) is 17.4. The summed E-state index contributed by atoms with van der Waals surface area (Å²) in [6, 6.07) is 22.7. The van der Waals surface area contributed by atoms with Crippen LogP contribution in [0.3, 0.4) is 0 Å². The summed E-state index contributed by atoms with van der Waals surface area (Å²) in [5.74, 6) is -0.247. The van der Waals surface area contributed by atoms with Crippen molar-refractivity contribution in [2.24, 2.45) is 0 Å². The van der Waals surface area contributed by atoms with Gasteiger partial charge in [-0.05, 0) is 49.2 Å². The van der Waals surface area contributed by atoms with Crippen LogP contribution in [0.25, 0.3) is 22.0 Å². The highest BCUT2D eigenvalue weighted by atomic mass is 16.5. The van der Waals surface area contributed by atoms with Gasteiger partial charge < -0.3 is 9.72 Å². The maximum absolute atomic E-state index is 12.4. The highest BCUT2D eigenvalue weighted by molar-refractivity contribution is 5.99. The van der Waals surface area contributed by atoms with Gasteiger partial charge in [-0.15, -0.1) is 0 Å². The largest absolute Gasteiger partial charge is 0.483 e. The third-order valence-electron chi connectivity index (χ3n) is 5.22. The van der Waals surface area contributed by atoms with Crippen LogP contribution in [0.1, 0.15) is 21.6 Å². The summed E-state index contributed by atoms with van der Waals surface area (Å²) >= 11 is 0. The van der Waals surface area contributed by atoms with Crippen LogP contribution in [0.2, 0.25) is 0 Å². The SMILES string of the molecule is Cc1[nH]c2ccc(C(=O)NNC(=O)COc3ccccc3-c3ccccc3)cc2c1C. The number of fused-ring (bicyclic) bond motifs is 1. The molecule has 0 saturated carbocycles. The number of hydrazine groups is 1. The predicted molar refractivity (Wildman–Crippen MR) is 121 cm³/mol. The number of hydrogen-bond acceptors (Lipinski definition) is 3. The molecule has 31 heavy (non-hydrogen) atoms. The first-order chi connectivity index (χ1) is 15.0. The van der Waals surface area contributed by atoms with Crippen molar-refractivity contribution < 1.29 is 14.3 Å². The fourth-order valence-corrected chi connectivity index (χ4v) is 3.43. The average molecular weight is 413 g/mol. The zero-order valence-electron chi connectivity index (χ0n) is 17.4. The summed E-state index contributed by atoms with van der Waals surface area (Å²) in [5.41, 5.74) is 10.3. The van der Waals surface area contributed by atoms with Gasteiger partial charge in [-0.3, -0.25) is 20.4 Å². The van der Waals surface area contributed by atoms with Crippen molar-refractivity contribution in [3.63, 3.8) is 0 Å². The maximum Gasteiger partial charge on any atom is 0.276 e. The molecule has 0 atom stereocenters. The van der Waals surface area contributed by atoms with E-state index < -0.39 is 11.8 Å². The van der Waals surface area contributed by atoms with Gasteiger partial charge in [0.1, 0.15) is 5.75 Å². The molecular formula is C25H23N3O3. The second-order valence-electron chi connectivity index (χ2n) is 7.29. The Balaban J connectivity index is 1.36. The lowest BCUT2D eigenvalue weighted by Gasteiger charge is -2.12. The van der Waals surface area contributed by atoms with E-state index >= 15 is 0 Å². The van der Waals surface area contributed by atoms with Gasteiger partial charge in [0.15, 0.2) is 6.61 Å². The number of H-pyrrole nitrogens is 1. The van der Waals surface area contributed by atoms with Gasteiger partial charge >= 0.3 is 0 Å². The fourth-order valence-electron chi connectivity index (χ4n) is 3.43. The van der Waals surface area contributed by atoms with Crippen LogP contribution in [-0.2, 0) is 4.79 Å². The molecule has 6 heteroatoms. The van der Waals surface area contributed by atoms with Crippen LogP contribution in [-0.4, -0.2) is 23.4 Å². The molecule has 0 bridgehead atoms. The van der Waals surface area contributed by atoms with E-state index in [9.17, 15) is 9.59 Å². The molecule has 4 aromatic rings. The molecule has 3 aromatic carbocycles. The Bertz CT molecular complexity index is 1250. The fraction of sp³-hybridized carbons (Fsp3) is 0.120. The van der Waals surface area contributed by atoms with Crippen LogP contribution in [0.5, 0.6) is 5.75 Å². The number of carbonyl (C=O) groups excluding carboxylic acids is 2. The third kappa shape index (κ3) is 4.43. The number of carbonyl (C=O) groups is 2. The molecule has 1 heterocycles. The first-order valence-electron chi connectivity index (χ1n) is 9.98. The Morgan fingerprint density at radius 2 is 1.65 bits per heavy atom. The van der Waals surface area contributed by atoms with Crippen LogP contribution in [0, 0.1) is 13.8 Å². The molecule has 6 nitrogen and oxygen atoms in total. The van der Waals surface area contributed by atoms with Gasteiger partial charge in [-0.25, -0.2) is 0 Å². The monoisotopic (exact) mass is 413 g/mol. The van der Waals surface area contributed by atoms with E-state index in [0.717, 1.165) is 33.3 Å². The minimum absolute atomic E-state index is 0.223. The molecule has 0 aliphatic heterocycles. The number of para-hydroxylation sites is 1. The zero-order chi connectivity index (χ0) is 21.8. The highest BCUT2D eigenvalue weighted by Crippen LogP contribution is 2.29. The van der Waals surface area contributed by atoms with E-state index in [1.54, 1.807) is 6.07 Å². The number of rotatable bonds is 5. The molecule has 0 unspecified atom stereocenters. The number of ether oxygens (including phenoxy) is 1. The third-order valence-corrected chi connectivity index (χ3v) is 5.22. The Hall–Kier alpha value is -4.06. The Kier molecular flexibility index (Phi) is 5.71. The van der Waals surface area contributed by atoms with Gasteiger partial charge in [-0.2, -0.15) is 0 Å². The molecule has 0 saturated heterocycles. The highest BCUT2D eigenvalue weighted by Gasteiger charge is 2.12. The summed E-state index contributed by atoms with van der Waals surface area (Å²) in [6.45, 7) is 3.77. The lowest BCUT2D eigenvalue weighted by Crippen LogP contribution is -2.43. The van der Waals surface area contributed by atoms with Crippen molar-refractivity contribution in [3.05, 3.63) is 89.6 Å². The number of amides is 2. The molecule has 1 aromatic heterocycles. The second kappa shape index (κ2) is 8.75. The maximum atomic E-state index is 12.4. The summed E-state index contributed by atoms with van der Waals surface area (Å²) in [4.78, 5) is 27.9. The lowest BCUT2D eigenvalue weighted by atomic mass is 10.1. The van der Waals surface area contributed by atoms with Crippen molar-refractivity contribution in [2.75, 3.05) is 6.61 Å². The standard InChI is InChI=1S/C25H23N3O3/c1-16-17(2)26-22-13-12-19(14-21(16)22)25(30)28-27-24(29)15-31-23-11-7-6-10-20(23)18-8-4-3-5-9-18/h3-14,26H,15H2,1-2H3,(H,27,29)(H,28,30). The van der Waals surface area contributed by atoms with Crippen LogP contribution in [0.15, 0.2) is 72.8 Å². The topological polar surface area (TPSA) is 83.2 Å². The molecule has 4 rings (SSSR count). The van der Waals surface area contributed by atoms with Gasteiger partial charge in [0.05, 0.1) is 0 Å². The first kappa shape index (κ1) is 20.2. The average Bonchev–Trinajstić information content (AvgIpc) is 3.09. The summed E-state index contributed by atoms with van der Waals surface area (Å²) in [7, 11) is 0. The van der Waals surface area contributed by atoms with Gasteiger partial charge in [0, 0.05) is 27.7 Å². The number of aromatic nitrogens is 1. The predicted octanol–water partition coefficient (Wildman–Crippen LogP) is 4.29. The number of hydrogen-bond donors (Lipinski definition) is 3. The molecule has 0 fully saturated rings. The van der Waals surface area contributed by atoms with Crippen molar-refractivity contribution in [1.82, 2.24) is 15.8 Å². The van der Waals surface area contributed by atoms with Crippen molar-refractivity contribution in [2.45, 2.75) is 13.8 Å². The van der Waals surface area contributed by atoms with Crippen LogP contribution in [0.4, 0.5) is 0 Å². The van der Waals surface area contributed by atoms with Crippen molar-refractivity contribution in [3.8, 4) is 16.9 Å². The Morgan fingerprint density at radius 1 is 0.903 bits per heavy atom. The molecule has 0 spiro atoms. The minimum atomic E-state index is -0.453. The van der Waals surface area contributed by atoms with E-state index in [1.165, 1.54) is 0 Å². The van der Waals surface area contributed by atoms with Crippen LogP contribution >= 0.6 is 0 Å². The summed E-state index contributed by atoms with van der Waals surface area (Å²) < 4.78 is 5.70.